The van der Waals surface area contributed by atoms with E-state index in [0.717, 1.165) is 0 Å². The fourth-order valence-corrected chi connectivity index (χ4v) is 4.08. The largest absolute Gasteiger partial charge is 0.459 e. The Labute approximate surface area is 162 Å². The molecule has 4 rings (SSSR count). The van der Waals surface area contributed by atoms with Crippen molar-refractivity contribution in [2.24, 2.45) is 0 Å². The standard InChI is InChI=1S/C17H20N6O4S/c1-3-28(24,25)23-8-6-22(7-9-23)14-11-18-12(2)15(19-14)17-21-20-16(27-17)13-5-4-10-26-13/h4-5,10-11H,3,6-9H2,1-2H3. The van der Waals surface area contributed by atoms with Crippen molar-refractivity contribution in [3.63, 3.8) is 0 Å². The van der Waals surface area contributed by atoms with Crippen molar-refractivity contribution >= 4 is 15.8 Å². The Morgan fingerprint density at radius 2 is 1.89 bits per heavy atom. The van der Waals surface area contributed by atoms with Gasteiger partial charge in [-0.15, -0.1) is 10.2 Å². The highest BCUT2D eigenvalue weighted by molar-refractivity contribution is 7.89. The second-order valence-electron chi connectivity index (χ2n) is 6.34. The predicted octanol–water partition coefficient (Wildman–Crippen LogP) is 1.57. The van der Waals surface area contributed by atoms with Crippen molar-refractivity contribution in [2.75, 3.05) is 36.8 Å². The van der Waals surface area contributed by atoms with Gasteiger partial charge in [0.15, 0.2) is 11.5 Å². The summed E-state index contributed by atoms with van der Waals surface area (Å²) >= 11 is 0. The van der Waals surface area contributed by atoms with E-state index in [4.69, 9.17) is 8.83 Å². The third kappa shape index (κ3) is 3.50. The normalized spacial score (nSPS) is 15.9. The Hall–Kier alpha value is -2.79. The van der Waals surface area contributed by atoms with Gasteiger partial charge in [0.25, 0.3) is 11.8 Å². The van der Waals surface area contributed by atoms with Crippen molar-refractivity contribution in [1.29, 1.82) is 0 Å². The van der Waals surface area contributed by atoms with Gasteiger partial charge in [0.2, 0.25) is 10.0 Å². The molecule has 1 aliphatic rings. The first-order chi connectivity index (χ1) is 13.5. The molecule has 1 aliphatic heterocycles. The molecular weight excluding hydrogens is 384 g/mol. The Bertz CT molecular complexity index is 1060. The summed E-state index contributed by atoms with van der Waals surface area (Å²) in [6.45, 7) is 5.39. The van der Waals surface area contributed by atoms with Crippen LogP contribution in [0.25, 0.3) is 23.2 Å². The summed E-state index contributed by atoms with van der Waals surface area (Å²) in [5.41, 5.74) is 1.15. The number of rotatable bonds is 5. The maximum Gasteiger partial charge on any atom is 0.283 e. The summed E-state index contributed by atoms with van der Waals surface area (Å²) in [5.74, 6) is 1.76. The van der Waals surface area contributed by atoms with Crippen molar-refractivity contribution in [2.45, 2.75) is 13.8 Å². The van der Waals surface area contributed by atoms with Crippen molar-refractivity contribution < 1.29 is 17.3 Å². The number of piperazine rings is 1. The number of hydrogen-bond acceptors (Lipinski definition) is 9. The first-order valence-corrected chi connectivity index (χ1v) is 10.5. The van der Waals surface area contributed by atoms with Crippen LogP contribution in [0.3, 0.4) is 0 Å². The van der Waals surface area contributed by atoms with Crippen LogP contribution in [-0.4, -0.2) is 64.8 Å². The van der Waals surface area contributed by atoms with Gasteiger partial charge >= 0.3 is 0 Å². The average Bonchev–Trinajstić information content (AvgIpc) is 3.40. The molecule has 0 atom stereocenters. The zero-order valence-electron chi connectivity index (χ0n) is 15.6. The first kappa shape index (κ1) is 18.6. The molecule has 0 radical (unpaired) electrons. The van der Waals surface area contributed by atoms with Crippen molar-refractivity contribution in [1.82, 2.24) is 24.5 Å². The Morgan fingerprint density at radius 1 is 1.14 bits per heavy atom. The van der Waals surface area contributed by atoms with Gasteiger partial charge in [-0.25, -0.2) is 13.4 Å². The molecule has 148 valence electrons. The molecule has 3 aromatic heterocycles. The minimum atomic E-state index is -3.18. The summed E-state index contributed by atoms with van der Waals surface area (Å²) in [7, 11) is -3.18. The molecule has 4 heterocycles. The third-order valence-electron chi connectivity index (χ3n) is 4.62. The van der Waals surface area contributed by atoms with Crippen molar-refractivity contribution in [3.8, 4) is 23.2 Å². The number of anilines is 1. The number of aryl methyl sites for hydroxylation is 1. The quantitative estimate of drug-likeness (QED) is 0.624. The van der Waals surface area contributed by atoms with E-state index in [0.29, 0.717) is 49.1 Å². The minimum absolute atomic E-state index is 0.108. The van der Waals surface area contributed by atoms with E-state index in [1.165, 1.54) is 10.6 Å². The van der Waals surface area contributed by atoms with Crippen LogP contribution in [0.15, 0.2) is 33.4 Å². The summed E-state index contributed by atoms with van der Waals surface area (Å²) < 4.78 is 36.5. The van der Waals surface area contributed by atoms with Gasteiger partial charge in [-0.1, -0.05) is 0 Å². The van der Waals surface area contributed by atoms with Gasteiger partial charge in [0.05, 0.1) is 23.9 Å². The predicted molar refractivity (Wildman–Crippen MR) is 101 cm³/mol. The van der Waals surface area contributed by atoms with Crippen molar-refractivity contribution in [3.05, 3.63) is 30.3 Å². The number of hydrogen-bond donors (Lipinski definition) is 0. The van der Waals surface area contributed by atoms with E-state index in [2.05, 4.69) is 20.2 Å². The van der Waals surface area contributed by atoms with Gasteiger partial charge in [0.1, 0.15) is 5.82 Å². The molecular formula is C17H20N6O4S. The van der Waals surface area contributed by atoms with Gasteiger partial charge in [-0.2, -0.15) is 4.31 Å². The summed E-state index contributed by atoms with van der Waals surface area (Å²) in [5, 5.41) is 8.06. The number of furan rings is 1. The van der Waals surface area contributed by atoms with Gasteiger partial charge < -0.3 is 13.7 Å². The fraction of sp³-hybridized carbons (Fsp3) is 0.412. The Balaban J connectivity index is 1.55. The molecule has 0 aromatic carbocycles. The van der Waals surface area contributed by atoms with Gasteiger partial charge in [-0.05, 0) is 26.0 Å². The fourth-order valence-electron chi connectivity index (χ4n) is 2.99. The molecule has 0 bridgehead atoms. The molecule has 1 saturated heterocycles. The van der Waals surface area contributed by atoms with Gasteiger partial charge in [0, 0.05) is 26.2 Å². The highest BCUT2D eigenvalue weighted by Gasteiger charge is 2.27. The van der Waals surface area contributed by atoms with Crippen LogP contribution in [-0.2, 0) is 10.0 Å². The maximum atomic E-state index is 12.0. The van der Waals surface area contributed by atoms with Crippen LogP contribution in [0.1, 0.15) is 12.6 Å². The molecule has 0 N–H and O–H groups in total. The highest BCUT2D eigenvalue weighted by atomic mass is 32.2. The second kappa shape index (κ2) is 7.32. The summed E-state index contributed by atoms with van der Waals surface area (Å²) in [4.78, 5) is 11.0. The molecule has 1 fully saturated rings. The van der Waals surface area contributed by atoms with Crippen LogP contribution in [0, 0.1) is 6.92 Å². The lowest BCUT2D eigenvalue weighted by Gasteiger charge is -2.34. The topological polar surface area (TPSA) is 118 Å². The van der Waals surface area contributed by atoms with E-state index < -0.39 is 10.0 Å². The molecule has 0 saturated carbocycles. The van der Waals surface area contributed by atoms with Crippen LogP contribution in [0.2, 0.25) is 0 Å². The molecule has 0 aliphatic carbocycles. The van der Waals surface area contributed by atoms with Crippen LogP contribution in [0.4, 0.5) is 5.82 Å². The maximum absolute atomic E-state index is 12.0. The molecule has 28 heavy (non-hydrogen) atoms. The highest BCUT2D eigenvalue weighted by Crippen LogP contribution is 2.26. The second-order valence-corrected chi connectivity index (χ2v) is 8.60. The Morgan fingerprint density at radius 3 is 2.57 bits per heavy atom. The molecule has 0 amide bonds. The smallest absolute Gasteiger partial charge is 0.283 e. The van der Waals surface area contributed by atoms with E-state index in [1.807, 2.05) is 11.8 Å². The molecule has 10 nitrogen and oxygen atoms in total. The van der Waals surface area contributed by atoms with E-state index in [9.17, 15) is 8.42 Å². The van der Waals surface area contributed by atoms with Crippen LogP contribution < -0.4 is 4.90 Å². The molecule has 0 unspecified atom stereocenters. The van der Waals surface area contributed by atoms with Gasteiger partial charge in [-0.3, -0.25) is 4.98 Å². The summed E-state index contributed by atoms with van der Waals surface area (Å²) in [6.07, 6.45) is 3.20. The average molecular weight is 404 g/mol. The minimum Gasteiger partial charge on any atom is -0.459 e. The van der Waals surface area contributed by atoms with E-state index in [-0.39, 0.29) is 17.5 Å². The van der Waals surface area contributed by atoms with Crippen LogP contribution >= 0.6 is 0 Å². The first-order valence-electron chi connectivity index (χ1n) is 8.92. The lowest BCUT2D eigenvalue weighted by Crippen LogP contribution is -2.49. The SMILES string of the molecule is CCS(=O)(=O)N1CCN(c2cnc(C)c(-c3nnc(-c4ccco4)o3)n2)CC1. The number of sulfonamides is 1. The van der Waals surface area contributed by atoms with E-state index >= 15 is 0 Å². The number of nitrogens with zero attached hydrogens (tertiary/aromatic N) is 6. The molecule has 0 spiro atoms. The lowest BCUT2D eigenvalue weighted by atomic mass is 10.3. The summed E-state index contributed by atoms with van der Waals surface area (Å²) in [6, 6.07) is 3.47. The Kier molecular flexibility index (Phi) is 4.85. The van der Waals surface area contributed by atoms with Crippen LogP contribution in [0.5, 0.6) is 0 Å². The monoisotopic (exact) mass is 404 g/mol. The lowest BCUT2D eigenvalue weighted by molar-refractivity contribution is 0.384. The number of aromatic nitrogens is 4. The zero-order valence-corrected chi connectivity index (χ0v) is 16.4. The third-order valence-corrected chi connectivity index (χ3v) is 6.50. The molecule has 11 heteroatoms. The molecule has 3 aromatic rings. The van der Waals surface area contributed by atoms with E-state index in [1.54, 1.807) is 25.3 Å². The zero-order chi connectivity index (χ0) is 19.7.